The molecular weight excluding hydrogens is 233 g/mol. The van der Waals surface area contributed by atoms with E-state index in [2.05, 4.69) is 11.2 Å². The van der Waals surface area contributed by atoms with Gasteiger partial charge in [0, 0.05) is 11.1 Å². The van der Waals surface area contributed by atoms with Crippen LogP contribution in [0.5, 0.6) is 0 Å². The van der Waals surface area contributed by atoms with Crippen molar-refractivity contribution in [2.75, 3.05) is 0 Å². The number of rotatable bonds is 2. The SMILES string of the molecule is C#CC(OC(=O)NC(C)(C)C)c1cccc(F)c1. The Morgan fingerprint density at radius 2 is 2.17 bits per heavy atom. The Kier molecular flexibility index (Phi) is 4.33. The van der Waals surface area contributed by atoms with Crippen LogP contribution >= 0.6 is 0 Å². The van der Waals surface area contributed by atoms with Gasteiger partial charge in [-0.05, 0) is 32.9 Å². The monoisotopic (exact) mass is 249 g/mol. The molecule has 0 aliphatic rings. The highest BCUT2D eigenvalue weighted by molar-refractivity contribution is 5.68. The number of carbonyl (C=O) groups is 1. The van der Waals surface area contributed by atoms with Crippen molar-refractivity contribution < 1.29 is 13.9 Å². The lowest BCUT2D eigenvalue weighted by Crippen LogP contribution is -2.41. The van der Waals surface area contributed by atoms with E-state index in [4.69, 9.17) is 11.2 Å². The van der Waals surface area contributed by atoms with Crippen molar-refractivity contribution in [3.05, 3.63) is 35.6 Å². The van der Waals surface area contributed by atoms with Crippen LogP contribution in [-0.2, 0) is 4.74 Å². The third-order valence-electron chi connectivity index (χ3n) is 2.00. The first-order chi connectivity index (χ1) is 8.31. The smallest absolute Gasteiger partial charge is 0.409 e. The summed E-state index contributed by atoms with van der Waals surface area (Å²) in [5.41, 5.74) is 0.0135. The Bertz CT molecular complexity index is 471. The maximum atomic E-state index is 13.0. The number of carbonyl (C=O) groups excluding carboxylic acids is 1. The van der Waals surface area contributed by atoms with Gasteiger partial charge in [-0.25, -0.2) is 9.18 Å². The Labute approximate surface area is 106 Å². The van der Waals surface area contributed by atoms with Crippen LogP contribution in [-0.4, -0.2) is 11.6 Å². The van der Waals surface area contributed by atoms with E-state index in [0.717, 1.165) is 0 Å². The summed E-state index contributed by atoms with van der Waals surface area (Å²) in [6.45, 7) is 5.46. The molecule has 1 aromatic rings. The van der Waals surface area contributed by atoms with E-state index in [1.165, 1.54) is 18.2 Å². The van der Waals surface area contributed by atoms with Crippen LogP contribution in [0.4, 0.5) is 9.18 Å². The third-order valence-corrected chi connectivity index (χ3v) is 2.00. The lowest BCUT2D eigenvalue weighted by Gasteiger charge is -2.21. The van der Waals surface area contributed by atoms with Gasteiger partial charge in [0.05, 0.1) is 0 Å². The second-order valence-electron chi connectivity index (χ2n) is 4.88. The second-order valence-corrected chi connectivity index (χ2v) is 4.88. The predicted molar refractivity (Wildman–Crippen MR) is 67.3 cm³/mol. The molecule has 0 fully saturated rings. The van der Waals surface area contributed by atoms with E-state index in [1.54, 1.807) is 6.07 Å². The Balaban J connectivity index is 2.75. The number of terminal acetylenes is 1. The minimum Gasteiger partial charge on any atom is -0.428 e. The number of halogens is 1. The van der Waals surface area contributed by atoms with E-state index in [9.17, 15) is 9.18 Å². The molecule has 96 valence electrons. The highest BCUT2D eigenvalue weighted by Gasteiger charge is 2.19. The first-order valence-corrected chi connectivity index (χ1v) is 5.52. The van der Waals surface area contributed by atoms with Crippen LogP contribution in [0.15, 0.2) is 24.3 Å². The fourth-order valence-corrected chi connectivity index (χ4v) is 1.31. The van der Waals surface area contributed by atoms with Crippen LogP contribution in [0.3, 0.4) is 0 Å². The normalized spacial score (nSPS) is 12.4. The average Bonchev–Trinajstić information content (AvgIpc) is 2.23. The number of ether oxygens (including phenoxy) is 1. The molecule has 0 saturated heterocycles. The quantitative estimate of drug-likeness (QED) is 0.818. The fourth-order valence-electron chi connectivity index (χ4n) is 1.31. The zero-order valence-corrected chi connectivity index (χ0v) is 10.7. The van der Waals surface area contributed by atoms with Gasteiger partial charge in [0.1, 0.15) is 5.82 Å². The van der Waals surface area contributed by atoms with Gasteiger partial charge in [-0.3, -0.25) is 0 Å². The van der Waals surface area contributed by atoms with Gasteiger partial charge in [0.2, 0.25) is 0 Å². The van der Waals surface area contributed by atoms with Crippen LogP contribution in [0, 0.1) is 18.2 Å². The molecule has 0 aliphatic heterocycles. The Morgan fingerprint density at radius 1 is 1.50 bits per heavy atom. The van der Waals surface area contributed by atoms with Gasteiger partial charge in [0.25, 0.3) is 0 Å². The summed E-state index contributed by atoms with van der Waals surface area (Å²) in [5.74, 6) is 1.89. The number of alkyl carbamates (subject to hydrolysis) is 1. The van der Waals surface area contributed by atoms with Crippen molar-refractivity contribution >= 4 is 6.09 Å². The van der Waals surface area contributed by atoms with Gasteiger partial charge in [-0.15, -0.1) is 6.42 Å². The van der Waals surface area contributed by atoms with Crippen LogP contribution in [0.25, 0.3) is 0 Å². The molecule has 1 atom stereocenters. The van der Waals surface area contributed by atoms with Crippen LogP contribution < -0.4 is 5.32 Å². The van der Waals surface area contributed by atoms with Crippen molar-refractivity contribution in [1.82, 2.24) is 5.32 Å². The second kappa shape index (κ2) is 5.54. The number of hydrogen-bond acceptors (Lipinski definition) is 2. The molecule has 0 aromatic heterocycles. The van der Waals surface area contributed by atoms with E-state index < -0.39 is 23.6 Å². The first-order valence-electron chi connectivity index (χ1n) is 5.52. The molecule has 4 heteroatoms. The maximum Gasteiger partial charge on any atom is 0.409 e. The van der Waals surface area contributed by atoms with Gasteiger partial charge in [-0.2, -0.15) is 0 Å². The minimum atomic E-state index is -0.900. The Morgan fingerprint density at radius 3 is 2.67 bits per heavy atom. The molecule has 0 spiro atoms. The first kappa shape index (κ1) is 14.0. The summed E-state index contributed by atoms with van der Waals surface area (Å²) in [6, 6.07) is 5.67. The molecule has 0 bridgehead atoms. The third kappa shape index (κ3) is 4.46. The van der Waals surface area contributed by atoms with Gasteiger partial charge < -0.3 is 10.1 Å². The number of benzene rings is 1. The molecule has 1 unspecified atom stereocenters. The number of nitrogens with one attached hydrogen (secondary N) is 1. The van der Waals surface area contributed by atoms with E-state index in [-0.39, 0.29) is 0 Å². The number of hydrogen-bond donors (Lipinski definition) is 1. The standard InChI is InChI=1S/C14H16FNO2/c1-5-12(10-7-6-8-11(15)9-10)18-13(17)16-14(2,3)4/h1,6-9,12H,2-4H3,(H,16,17). The summed E-state index contributed by atoms with van der Waals surface area (Å²) in [7, 11) is 0. The van der Waals surface area contributed by atoms with Gasteiger partial charge >= 0.3 is 6.09 Å². The average molecular weight is 249 g/mol. The zero-order chi connectivity index (χ0) is 13.8. The largest absolute Gasteiger partial charge is 0.428 e. The lowest BCUT2D eigenvalue weighted by molar-refractivity contribution is 0.116. The van der Waals surface area contributed by atoms with Crippen molar-refractivity contribution in [2.45, 2.75) is 32.4 Å². The van der Waals surface area contributed by atoms with Crippen molar-refractivity contribution in [3.63, 3.8) is 0 Å². The fraction of sp³-hybridized carbons (Fsp3) is 0.357. The Hall–Kier alpha value is -2.02. The molecule has 18 heavy (non-hydrogen) atoms. The summed E-state index contributed by atoms with van der Waals surface area (Å²) in [5, 5.41) is 2.62. The highest BCUT2D eigenvalue weighted by atomic mass is 19.1. The molecule has 3 nitrogen and oxygen atoms in total. The summed E-state index contributed by atoms with van der Waals surface area (Å²) < 4.78 is 18.1. The van der Waals surface area contributed by atoms with E-state index >= 15 is 0 Å². The predicted octanol–water partition coefficient (Wildman–Crippen LogP) is 3.02. The molecule has 1 aromatic carbocycles. The van der Waals surface area contributed by atoms with Crippen LogP contribution in [0.2, 0.25) is 0 Å². The minimum absolute atomic E-state index is 0.418. The van der Waals surface area contributed by atoms with Crippen molar-refractivity contribution in [1.29, 1.82) is 0 Å². The highest BCUT2D eigenvalue weighted by Crippen LogP contribution is 2.18. The topological polar surface area (TPSA) is 38.3 Å². The molecule has 0 heterocycles. The summed E-state index contributed by atoms with van der Waals surface area (Å²) in [6.07, 6.45) is 3.76. The van der Waals surface area contributed by atoms with Crippen LogP contribution in [0.1, 0.15) is 32.4 Å². The summed E-state index contributed by atoms with van der Waals surface area (Å²) in [4.78, 5) is 11.6. The summed E-state index contributed by atoms with van der Waals surface area (Å²) >= 11 is 0. The molecule has 0 saturated carbocycles. The van der Waals surface area contributed by atoms with Crippen molar-refractivity contribution in [3.8, 4) is 12.3 Å². The molecular formula is C14H16FNO2. The van der Waals surface area contributed by atoms with Gasteiger partial charge in [-0.1, -0.05) is 18.1 Å². The molecule has 0 aliphatic carbocycles. The van der Waals surface area contributed by atoms with Crippen molar-refractivity contribution in [2.24, 2.45) is 0 Å². The van der Waals surface area contributed by atoms with E-state index in [1.807, 2.05) is 20.8 Å². The molecule has 0 radical (unpaired) electrons. The van der Waals surface area contributed by atoms with Gasteiger partial charge in [0.15, 0.2) is 6.10 Å². The maximum absolute atomic E-state index is 13.0. The molecule has 1 amide bonds. The zero-order valence-electron chi connectivity index (χ0n) is 10.7. The molecule has 1 rings (SSSR count). The van der Waals surface area contributed by atoms with E-state index in [0.29, 0.717) is 5.56 Å². The molecule has 1 N–H and O–H groups in total. The number of amides is 1. The lowest BCUT2D eigenvalue weighted by atomic mass is 10.1.